The highest BCUT2D eigenvalue weighted by Gasteiger charge is 2.26. The number of aromatic nitrogens is 2. The van der Waals surface area contributed by atoms with Gasteiger partial charge in [-0.3, -0.25) is 4.79 Å². The minimum Gasteiger partial charge on any atom is -0.369 e. The van der Waals surface area contributed by atoms with Crippen molar-refractivity contribution in [3.05, 3.63) is 53.2 Å². The second-order valence-electron chi connectivity index (χ2n) is 6.18. The van der Waals surface area contributed by atoms with Gasteiger partial charge in [0.25, 0.3) is 5.91 Å². The second-order valence-corrected chi connectivity index (χ2v) is 6.18. The molecule has 0 bridgehead atoms. The Morgan fingerprint density at radius 3 is 2.88 bits per heavy atom. The van der Waals surface area contributed by atoms with Gasteiger partial charge in [0, 0.05) is 26.1 Å². The standard InChI is InChI=1S/C19H24N4O2/c1-3-20-18-11-16-12-23(10-9-17(16)21-22-18)19(24)14(2)25-13-15-7-5-4-6-8-15/h4-8,11,14H,3,9-10,12-13H2,1-2H3,(H,20,22). The molecule has 6 nitrogen and oxygen atoms in total. The fourth-order valence-corrected chi connectivity index (χ4v) is 2.91. The summed E-state index contributed by atoms with van der Waals surface area (Å²) in [6, 6.07) is 11.9. The molecule has 25 heavy (non-hydrogen) atoms. The Morgan fingerprint density at radius 2 is 2.12 bits per heavy atom. The number of ether oxygens (including phenoxy) is 1. The third kappa shape index (κ3) is 4.33. The Morgan fingerprint density at radius 1 is 1.32 bits per heavy atom. The molecule has 6 heteroatoms. The van der Waals surface area contributed by atoms with Crippen LogP contribution >= 0.6 is 0 Å². The summed E-state index contributed by atoms with van der Waals surface area (Å²) in [5, 5.41) is 11.6. The molecule has 1 aliphatic rings. The lowest BCUT2D eigenvalue weighted by Crippen LogP contribution is -2.42. The van der Waals surface area contributed by atoms with Gasteiger partial charge in [-0.2, -0.15) is 5.10 Å². The number of hydrogen-bond acceptors (Lipinski definition) is 5. The summed E-state index contributed by atoms with van der Waals surface area (Å²) in [5.74, 6) is 0.771. The minimum absolute atomic E-state index is 0.0170. The third-order valence-corrected chi connectivity index (χ3v) is 4.30. The lowest BCUT2D eigenvalue weighted by molar-refractivity contribution is -0.144. The molecule has 2 aromatic rings. The van der Waals surface area contributed by atoms with Gasteiger partial charge >= 0.3 is 0 Å². The SMILES string of the molecule is CCNc1cc2c(nn1)CCN(C(=O)C(C)OCc1ccccc1)C2. The molecule has 0 spiro atoms. The molecule has 1 aromatic heterocycles. The number of hydrogen-bond donors (Lipinski definition) is 1. The molecule has 3 rings (SSSR count). The molecule has 0 radical (unpaired) electrons. The lowest BCUT2D eigenvalue weighted by atomic mass is 10.1. The van der Waals surface area contributed by atoms with Gasteiger partial charge in [0.05, 0.1) is 12.3 Å². The highest BCUT2D eigenvalue weighted by molar-refractivity contribution is 5.80. The van der Waals surface area contributed by atoms with E-state index < -0.39 is 6.10 Å². The molecule has 1 atom stereocenters. The van der Waals surface area contributed by atoms with Crippen LogP contribution in [-0.4, -0.2) is 40.2 Å². The molecular weight excluding hydrogens is 316 g/mol. The van der Waals surface area contributed by atoms with E-state index in [1.807, 2.05) is 55.1 Å². The summed E-state index contributed by atoms with van der Waals surface area (Å²) in [6.45, 7) is 6.27. The zero-order valence-electron chi connectivity index (χ0n) is 14.7. The largest absolute Gasteiger partial charge is 0.369 e. The average molecular weight is 340 g/mol. The van der Waals surface area contributed by atoms with Crippen molar-refractivity contribution in [1.82, 2.24) is 15.1 Å². The molecule has 0 aliphatic carbocycles. The van der Waals surface area contributed by atoms with E-state index in [0.29, 0.717) is 19.7 Å². The molecule has 1 aromatic carbocycles. The number of benzene rings is 1. The molecule has 0 saturated heterocycles. The first kappa shape index (κ1) is 17.4. The number of rotatable bonds is 6. The summed E-state index contributed by atoms with van der Waals surface area (Å²) < 4.78 is 5.76. The predicted octanol–water partition coefficient (Wildman–Crippen LogP) is 2.40. The van der Waals surface area contributed by atoms with Crippen molar-refractivity contribution in [2.24, 2.45) is 0 Å². The average Bonchev–Trinajstić information content (AvgIpc) is 2.66. The Labute approximate surface area is 148 Å². The van der Waals surface area contributed by atoms with Gasteiger partial charge < -0.3 is 15.0 Å². The topological polar surface area (TPSA) is 67.4 Å². The van der Waals surface area contributed by atoms with Crippen molar-refractivity contribution < 1.29 is 9.53 Å². The molecule has 0 saturated carbocycles. The summed E-state index contributed by atoms with van der Waals surface area (Å²) in [6.07, 6.45) is 0.260. The van der Waals surface area contributed by atoms with Crippen LogP contribution < -0.4 is 5.32 Å². The number of amides is 1. The number of nitrogens with one attached hydrogen (secondary N) is 1. The van der Waals surface area contributed by atoms with Crippen molar-refractivity contribution in [3.63, 3.8) is 0 Å². The lowest BCUT2D eigenvalue weighted by Gasteiger charge is -2.30. The number of carbonyl (C=O) groups excluding carboxylic acids is 1. The maximum atomic E-state index is 12.7. The first-order valence-electron chi connectivity index (χ1n) is 8.71. The number of fused-ring (bicyclic) bond motifs is 1. The van der Waals surface area contributed by atoms with Crippen molar-refractivity contribution in [2.45, 2.75) is 39.5 Å². The Bertz CT molecular complexity index is 721. The summed E-state index contributed by atoms with van der Waals surface area (Å²) in [4.78, 5) is 14.5. The number of nitrogens with zero attached hydrogens (tertiary/aromatic N) is 3. The van der Waals surface area contributed by atoms with Gasteiger partial charge in [-0.25, -0.2) is 0 Å². The van der Waals surface area contributed by atoms with E-state index in [9.17, 15) is 4.79 Å². The molecule has 2 heterocycles. The number of carbonyl (C=O) groups is 1. The van der Waals surface area contributed by atoms with Crippen LogP contribution in [0.3, 0.4) is 0 Å². The van der Waals surface area contributed by atoms with E-state index >= 15 is 0 Å². The number of anilines is 1. The highest BCUT2D eigenvalue weighted by Crippen LogP contribution is 2.20. The van der Waals surface area contributed by atoms with E-state index in [2.05, 4.69) is 15.5 Å². The van der Waals surface area contributed by atoms with Gasteiger partial charge in [-0.15, -0.1) is 5.10 Å². The third-order valence-electron chi connectivity index (χ3n) is 4.30. The first-order chi connectivity index (χ1) is 12.2. The molecule has 0 fully saturated rings. The van der Waals surface area contributed by atoms with E-state index in [4.69, 9.17) is 4.74 Å². The molecule has 1 N–H and O–H groups in total. The molecule has 132 valence electrons. The fraction of sp³-hybridized carbons (Fsp3) is 0.421. The summed E-state index contributed by atoms with van der Waals surface area (Å²) >= 11 is 0. The molecular formula is C19H24N4O2. The van der Waals surface area contributed by atoms with Crippen LogP contribution in [0, 0.1) is 0 Å². The van der Waals surface area contributed by atoms with Crippen LogP contribution in [0.2, 0.25) is 0 Å². The van der Waals surface area contributed by atoms with Gasteiger partial charge in [0.2, 0.25) is 0 Å². The summed E-state index contributed by atoms with van der Waals surface area (Å²) in [7, 11) is 0. The van der Waals surface area contributed by atoms with Crippen LogP contribution in [0.4, 0.5) is 5.82 Å². The Hall–Kier alpha value is -2.47. The van der Waals surface area contributed by atoms with Crippen LogP contribution in [-0.2, 0) is 29.1 Å². The van der Waals surface area contributed by atoms with Crippen LogP contribution in [0.1, 0.15) is 30.7 Å². The second kappa shape index (κ2) is 8.07. The van der Waals surface area contributed by atoms with E-state index in [1.165, 1.54) is 0 Å². The Balaban J connectivity index is 1.60. The van der Waals surface area contributed by atoms with Crippen LogP contribution in [0.5, 0.6) is 0 Å². The van der Waals surface area contributed by atoms with Crippen molar-refractivity contribution in [2.75, 3.05) is 18.4 Å². The monoisotopic (exact) mass is 340 g/mol. The molecule has 1 unspecified atom stereocenters. The maximum absolute atomic E-state index is 12.7. The first-order valence-corrected chi connectivity index (χ1v) is 8.71. The van der Waals surface area contributed by atoms with Crippen LogP contribution in [0.15, 0.2) is 36.4 Å². The Kier molecular flexibility index (Phi) is 5.60. The van der Waals surface area contributed by atoms with Crippen LogP contribution in [0.25, 0.3) is 0 Å². The minimum atomic E-state index is -0.468. The quantitative estimate of drug-likeness (QED) is 0.875. The van der Waals surface area contributed by atoms with Crippen molar-refractivity contribution >= 4 is 11.7 Å². The van der Waals surface area contributed by atoms with Gasteiger partial charge in [0.15, 0.2) is 0 Å². The molecule has 1 aliphatic heterocycles. The van der Waals surface area contributed by atoms with Gasteiger partial charge in [-0.05, 0) is 31.0 Å². The van der Waals surface area contributed by atoms with Crippen molar-refractivity contribution in [3.8, 4) is 0 Å². The van der Waals surface area contributed by atoms with Gasteiger partial charge in [0.1, 0.15) is 11.9 Å². The van der Waals surface area contributed by atoms with Crippen molar-refractivity contribution in [1.29, 1.82) is 0 Å². The van der Waals surface area contributed by atoms with E-state index in [0.717, 1.165) is 35.6 Å². The van der Waals surface area contributed by atoms with E-state index in [1.54, 1.807) is 0 Å². The maximum Gasteiger partial charge on any atom is 0.251 e. The zero-order chi connectivity index (χ0) is 17.6. The normalized spacial score (nSPS) is 14.7. The molecule has 1 amide bonds. The summed E-state index contributed by atoms with van der Waals surface area (Å²) in [5.41, 5.74) is 3.10. The smallest absolute Gasteiger partial charge is 0.251 e. The fourth-order valence-electron chi connectivity index (χ4n) is 2.91. The highest BCUT2D eigenvalue weighted by atomic mass is 16.5. The van der Waals surface area contributed by atoms with Gasteiger partial charge in [-0.1, -0.05) is 30.3 Å². The zero-order valence-corrected chi connectivity index (χ0v) is 14.7. The van der Waals surface area contributed by atoms with E-state index in [-0.39, 0.29) is 5.91 Å². The predicted molar refractivity (Wildman–Crippen MR) is 96.0 cm³/mol.